The van der Waals surface area contributed by atoms with Gasteiger partial charge in [-0.2, -0.15) is 5.26 Å². The average Bonchev–Trinajstić information content (AvgIpc) is 2.88. The Morgan fingerprint density at radius 2 is 1.61 bits per heavy atom. The van der Waals surface area contributed by atoms with Gasteiger partial charge in [0.25, 0.3) is 0 Å². The molecule has 2 atom stereocenters. The summed E-state index contributed by atoms with van der Waals surface area (Å²) in [5.41, 5.74) is 1.05. The molecule has 2 unspecified atom stereocenters. The van der Waals surface area contributed by atoms with Crippen LogP contribution in [0.1, 0.15) is 22.3 Å². The van der Waals surface area contributed by atoms with E-state index < -0.39 is 9.84 Å². The van der Waals surface area contributed by atoms with E-state index in [1.165, 1.54) is 24.3 Å². The van der Waals surface area contributed by atoms with Gasteiger partial charge in [-0.25, -0.2) is 8.42 Å². The third kappa shape index (κ3) is 5.71. The molecule has 0 saturated carbocycles. The molecule has 3 heterocycles. The number of nitriles is 1. The number of hydrogen-bond acceptors (Lipinski definition) is 9. The maximum Gasteiger partial charge on any atom is 0.178 e. The molecule has 2 saturated heterocycles. The van der Waals surface area contributed by atoms with Gasteiger partial charge in [-0.15, -0.1) is 0 Å². The summed E-state index contributed by atoms with van der Waals surface area (Å²) in [5.74, 6) is 1.38. The molecule has 36 heavy (non-hydrogen) atoms. The SMILES string of the molecule is N#Cc1ccc(S(=O)(=O)CCCN2CC3CN(CC(=O)c4ccc5c(c4)OCCO5)CC(C2)O3)cc1. The van der Waals surface area contributed by atoms with Crippen LogP contribution >= 0.6 is 0 Å². The van der Waals surface area contributed by atoms with E-state index in [9.17, 15) is 13.2 Å². The highest BCUT2D eigenvalue weighted by atomic mass is 32.2. The number of benzene rings is 2. The number of carbonyl (C=O) groups is 1. The predicted octanol–water partition coefficient (Wildman–Crippen LogP) is 1.76. The van der Waals surface area contributed by atoms with Gasteiger partial charge >= 0.3 is 0 Å². The number of rotatable bonds is 8. The van der Waals surface area contributed by atoms with E-state index in [0.717, 1.165) is 0 Å². The van der Waals surface area contributed by atoms with Crippen molar-refractivity contribution in [2.75, 3.05) is 58.2 Å². The van der Waals surface area contributed by atoms with Gasteiger partial charge in [-0.1, -0.05) is 0 Å². The van der Waals surface area contributed by atoms with Crippen molar-refractivity contribution in [3.63, 3.8) is 0 Å². The summed E-state index contributed by atoms with van der Waals surface area (Å²) in [7, 11) is -3.39. The van der Waals surface area contributed by atoms with E-state index in [-0.39, 0.29) is 28.6 Å². The Morgan fingerprint density at radius 3 is 2.31 bits per heavy atom. The Hall–Kier alpha value is -2.97. The Kier molecular flexibility index (Phi) is 7.25. The average molecular weight is 512 g/mol. The number of morpholine rings is 2. The zero-order valence-electron chi connectivity index (χ0n) is 20.0. The molecule has 2 bridgehead atoms. The fourth-order valence-corrected chi connectivity index (χ4v) is 6.31. The number of hydrogen-bond donors (Lipinski definition) is 0. The van der Waals surface area contributed by atoms with Crippen molar-refractivity contribution >= 4 is 15.6 Å². The van der Waals surface area contributed by atoms with Crippen molar-refractivity contribution in [3.05, 3.63) is 53.6 Å². The van der Waals surface area contributed by atoms with Crippen molar-refractivity contribution in [2.24, 2.45) is 0 Å². The quantitative estimate of drug-likeness (QED) is 0.490. The Labute approximate surface area is 211 Å². The Morgan fingerprint density at radius 1 is 0.944 bits per heavy atom. The van der Waals surface area contributed by atoms with Crippen molar-refractivity contribution in [2.45, 2.75) is 23.5 Å². The highest BCUT2D eigenvalue weighted by molar-refractivity contribution is 7.91. The van der Waals surface area contributed by atoms with Gasteiger partial charge in [-0.05, 0) is 55.4 Å². The lowest BCUT2D eigenvalue weighted by atomic mass is 10.1. The maximum absolute atomic E-state index is 12.9. The molecule has 0 aliphatic carbocycles. The number of fused-ring (bicyclic) bond motifs is 3. The summed E-state index contributed by atoms with van der Waals surface area (Å²) in [4.78, 5) is 17.6. The second-order valence-corrected chi connectivity index (χ2v) is 11.5. The lowest BCUT2D eigenvalue weighted by Crippen LogP contribution is -2.60. The van der Waals surface area contributed by atoms with Crippen LogP contribution < -0.4 is 9.47 Å². The van der Waals surface area contributed by atoms with Crippen LogP contribution in [0.5, 0.6) is 11.5 Å². The van der Waals surface area contributed by atoms with Crippen LogP contribution in [0.15, 0.2) is 47.4 Å². The highest BCUT2D eigenvalue weighted by Crippen LogP contribution is 2.31. The van der Waals surface area contributed by atoms with E-state index in [1.54, 1.807) is 18.2 Å². The molecule has 9 nitrogen and oxygen atoms in total. The monoisotopic (exact) mass is 511 g/mol. The van der Waals surface area contributed by atoms with Gasteiger partial charge in [0.15, 0.2) is 27.1 Å². The van der Waals surface area contributed by atoms with Gasteiger partial charge in [0.2, 0.25) is 0 Å². The molecule has 0 spiro atoms. The summed E-state index contributed by atoms with van der Waals surface area (Å²) >= 11 is 0. The molecule has 0 radical (unpaired) electrons. The molecular formula is C26H29N3O6S. The second kappa shape index (κ2) is 10.6. The number of sulfone groups is 1. The zero-order valence-corrected chi connectivity index (χ0v) is 20.8. The zero-order chi connectivity index (χ0) is 25.1. The normalized spacial score (nSPS) is 22.1. The largest absolute Gasteiger partial charge is 0.486 e. The van der Waals surface area contributed by atoms with Crippen molar-refractivity contribution in [3.8, 4) is 17.6 Å². The molecule has 10 heteroatoms. The summed E-state index contributed by atoms with van der Waals surface area (Å²) in [6.07, 6.45) is 0.495. The first-order valence-electron chi connectivity index (χ1n) is 12.2. The van der Waals surface area contributed by atoms with Gasteiger partial charge in [-0.3, -0.25) is 14.6 Å². The summed E-state index contributed by atoms with van der Waals surface area (Å²) < 4.78 is 42.5. The molecule has 2 aromatic rings. The molecule has 0 amide bonds. The standard InChI is InChI=1S/C26H29N3O6S/c27-13-19-2-5-23(6-3-19)36(31,32)11-1-8-28-14-21-16-29(17-22(15-28)35-21)18-24(30)20-4-7-25-26(12-20)34-10-9-33-25/h2-7,12,21-22H,1,8-11,14-18H2. The number of ether oxygens (including phenoxy) is 3. The van der Waals surface area contributed by atoms with Crippen LogP contribution in [0.4, 0.5) is 0 Å². The van der Waals surface area contributed by atoms with Crippen molar-refractivity contribution < 1.29 is 27.4 Å². The van der Waals surface area contributed by atoms with Crippen molar-refractivity contribution in [1.82, 2.24) is 9.80 Å². The molecule has 3 aliphatic heterocycles. The summed E-state index contributed by atoms with van der Waals surface area (Å²) in [6, 6.07) is 13.4. The first-order valence-corrected chi connectivity index (χ1v) is 13.8. The number of carbonyl (C=O) groups excluding carboxylic acids is 1. The molecule has 0 aromatic heterocycles. The maximum atomic E-state index is 12.9. The molecule has 190 valence electrons. The van der Waals surface area contributed by atoms with E-state index >= 15 is 0 Å². The van der Waals surface area contributed by atoms with Crippen LogP contribution in [0.3, 0.4) is 0 Å². The summed E-state index contributed by atoms with van der Waals surface area (Å²) in [6.45, 7) is 4.72. The molecule has 2 fully saturated rings. The molecule has 5 rings (SSSR count). The minimum absolute atomic E-state index is 0.0132. The van der Waals surface area contributed by atoms with E-state index in [4.69, 9.17) is 19.5 Å². The van der Waals surface area contributed by atoms with Gasteiger partial charge < -0.3 is 14.2 Å². The van der Waals surface area contributed by atoms with Gasteiger partial charge in [0, 0.05) is 31.7 Å². The Bertz CT molecular complexity index is 1240. The van der Waals surface area contributed by atoms with Crippen LogP contribution in [0.25, 0.3) is 0 Å². The fraction of sp³-hybridized carbons (Fsp3) is 0.462. The van der Waals surface area contributed by atoms with Crippen LogP contribution in [0.2, 0.25) is 0 Å². The molecule has 2 aromatic carbocycles. The molecule has 3 aliphatic rings. The van der Waals surface area contributed by atoms with E-state index in [0.29, 0.717) is 81.5 Å². The van der Waals surface area contributed by atoms with Crippen LogP contribution in [-0.2, 0) is 14.6 Å². The van der Waals surface area contributed by atoms with E-state index in [2.05, 4.69) is 9.80 Å². The highest BCUT2D eigenvalue weighted by Gasteiger charge is 2.35. The third-order valence-corrected chi connectivity index (χ3v) is 8.51. The lowest BCUT2D eigenvalue weighted by Gasteiger charge is -2.45. The second-order valence-electron chi connectivity index (χ2n) is 9.42. The smallest absolute Gasteiger partial charge is 0.178 e. The predicted molar refractivity (Wildman–Crippen MR) is 131 cm³/mol. The number of nitrogens with zero attached hydrogens (tertiary/aromatic N) is 3. The fourth-order valence-electron chi connectivity index (χ4n) is 5.02. The summed E-state index contributed by atoms with van der Waals surface area (Å²) in [5, 5.41) is 8.89. The van der Waals surface area contributed by atoms with Gasteiger partial charge in [0.1, 0.15) is 13.2 Å². The minimum atomic E-state index is -3.39. The number of ketones is 1. The van der Waals surface area contributed by atoms with Crippen LogP contribution in [-0.4, -0.2) is 94.4 Å². The first-order chi connectivity index (χ1) is 17.4. The lowest BCUT2D eigenvalue weighted by molar-refractivity contribution is -0.136. The third-order valence-electron chi connectivity index (χ3n) is 6.69. The van der Waals surface area contributed by atoms with Crippen molar-refractivity contribution in [1.29, 1.82) is 5.26 Å². The minimum Gasteiger partial charge on any atom is -0.486 e. The van der Waals surface area contributed by atoms with Gasteiger partial charge in [0.05, 0.1) is 41.0 Å². The Balaban J connectivity index is 1.10. The molecular weight excluding hydrogens is 482 g/mol. The first kappa shape index (κ1) is 24.7. The van der Waals surface area contributed by atoms with E-state index in [1.807, 2.05) is 6.07 Å². The molecule has 0 N–H and O–H groups in total. The topological polar surface area (TPSA) is 109 Å². The van der Waals surface area contributed by atoms with Crippen LogP contribution in [0, 0.1) is 11.3 Å². The number of Topliss-reactive ketones (excluding diaryl/α,β-unsaturated/α-hetero) is 1.